The third kappa shape index (κ3) is 6.03. The molecular formula is C18H18ClN5O5S2. The molecule has 0 fully saturated rings. The third-order valence-corrected chi connectivity index (χ3v) is 5.63. The number of halogens is 1. The van der Waals surface area contributed by atoms with Crippen molar-refractivity contribution in [3.63, 3.8) is 0 Å². The molecule has 10 nitrogen and oxygen atoms in total. The number of nitrogens with zero attached hydrogens (tertiary/aromatic N) is 1. The maximum Gasteiger partial charge on any atom is 0.316 e. The van der Waals surface area contributed by atoms with E-state index in [9.17, 15) is 19.2 Å². The molecule has 0 saturated heterocycles. The lowest BCUT2D eigenvalue weighted by Gasteiger charge is -2.07. The van der Waals surface area contributed by atoms with E-state index in [0.717, 1.165) is 23.5 Å². The maximum absolute atomic E-state index is 12.5. The Kier molecular flexibility index (Phi) is 8.54. The summed E-state index contributed by atoms with van der Waals surface area (Å²) < 4.78 is 4.56. The molecule has 31 heavy (non-hydrogen) atoms. The molecule has 1 aromatic heterocycles. The molecule has 2 aromatic rings. The van der Waals surface area contributed by atoms with Crippen LogP contribution in [-0.4, -0.2) is 53.0 Å². The fraction of sp³-hybridized carbons (Fsp3) is 0.167. The Balaban J connectivity index is 2.46. The lowest BCUT2D eigenvalue weighted by atomic mass is 10.1. The van der Waals surface area contributed by atoms with Crippen LogP contribution in [0.3, 0.4) is 0 Å². The predicted molar refractivity (Wildman–Crippen MR) is 120 cm³/mol. The molecule has 2 rings (SSSR count). The number of benzene rings is 1. The van der Waals surface area contributed by atoms with E-state index >= 15 is 0 Å². The van der Waals surface area contributed by atoms with Crippen LogP contribution in [0.5, 0.6) is 0 Å². The fourth-order valence-electron chi connectivity index (χ4n) is 2.36. The summed E-state index contributed by atoms with van der Waals surface area (Å²) in [6.45, 7) is 0. The van der Waals surface area contributed by atoms with Gasteiger partial charge >= 0.3 is 5.97 Å². The van der Waals surface area contributed by atoms with Gasteiger partial charge in [0.2, 0.25) is 0 Å². The number of nitrogens with one attached hydrogen (secondary N) is 2. The van der Waals surface area contributed by atoms with Crippen molar-refractivity contribution in [3.8, 4) is 0 Å². The van der Waals surface area contributed by atoms with Gasteiger partial charge in [-0.1, -0.05) is 47.3 Å². The number of aromatic nitrogens is 1. The first kappa shape index (κ1) is 24.3. The van der Waals surface area contributed by atoms with Crippen molar-refractivity contribution < 1.29 is 23.9 Å². The van der Waals surface area contributed by atoms with Gasteiger partial charge in [0.25, 0.3) is 17.7 Å². The Hall–Kier alpha value is -2.96. The van der Waals surface area contributed by atoms with Crippen LogP contribution in [0.25, 0.3) is 0 Å². The minimum absolute atomic E-state index is 0.0919. The number of esters is 1. The van der Waals surface area contributed by atoms with Crippen molar-refractivity contribution in [1.82, 2.24) is 10.3 Å². The second-order valence-electron chi connectivity index (χ2n) is 5.70. The highest BCUT2D eigenvalue weighted by Crippen LogP contribution is 2.32. The van der Waals surface area contributed by atoms with Gasteiger partial charge in [-0.2, -0.15) is 0 Å². The summed E-state index contributed by atoms with van der Waals surface area (Å²) in [5, 5.41) is 3.03. The molecule has 13 heteroatoms. The summed E-state index contributed by atoms with van der Waals surface area (Å²) in [7, 11) is 1.21. The number of thioether (sulfide) groups is 2. The summed E-state index contributed by atoms with van der Waals surface area (Å²) in [6, 6.07) is 6.43. The predicted octanol–water partition coefficient (Wildman–Crippen LogP) is 1.91. The SMILES string of the molecule is COC(=O)CSc1[nH]c(/N=C(/NC(=O)c2ccccc2Cl)SC)c(C(N)=O)c1C(N)=O. The quantitative estimate of drug-likeness (QED) is 0.201. The number of primary amides is 2. The van der Waals surface area contributed by atoms with Gasteiger partial charge in [0, 0.05) is 0 Å². The van der Waals surface area contributed by atoms with E-state index in [1.165, 1.54) is 13.2 Å². The molecule has 1 heterocycles. The Morgan fingerprint density at radius 2 is 1.81 bits per heavy atom. The number of hydrogen-bond donors (Lipinski definition) is 4. The summed E-state index contributed by atoms with van der Waals surface area (Å²) in [5.74, 6) is -3.25. The summed E-state index contributed by atoms with van der Waals surface area (Å²) in [5.41, 5.74) is 10.6. The Morgan fingerprint density at radius 1 is 1.16 bits per heavy atom. The molecule has 0 radical (unpaired) electrons. The zero-order chi connectivity index (χ0) is 23.1. The van der Waals surface area contributed by atoms with Gasteiger partial charge in [0.05, 0.1) is 39.6 Å². The standard InChI is InChI=1S/C18H18ClN5O5S2/c1-29-10(25)7-31-17-12(14(21)27)11(13(20)26)15(22-17)23-18(30-2)24-16(28)8-5-3-4-6-9(8)19/h3-6,22H,7H2,1-2H3,(H2,20,26)(H2,21,27)(H,23,24,28). The number of aromatic amines is 1. The molecular weight excluding hydrogens is 466 g/mol. The Labute approximate surface area is 190 Å². The normalized spacial score (nSPS) is 11.1. The van der Waals surface area contributed by atoms with Gasteiger partial charge in [-0.25, -0.2) is 4.99 Å². The van der Waals surface area contributed by atoms with Crippen molar-refractivity contribution in [2.75, 3.05) is 19.1 Å². The molecule has 0 bridgehead atoms. The molecule has 0 aliphatic carbocycles. The highest BCUT2D eigenvalue weighted by molar-refractivity contribution is 8.13. The first-order valence-corrected chi connectivity index (χ1v) is 11.0. The second kappa shape index (κ2) is 10.9. The van der Waals surface area contributed by atoms with E-state index < -0.39 is 23.7 Å². The summed E-state index contributed by atoms with van der Waals surface area (Å²) in [6.07, 6.45) is 1.64. The van der Waals surface area contributed by atoms with Crippen LogP contribution in [0, 0.1) is 0 Å². The fourth-order valence-corrected chi connectivity index (χ4v) is 3.85. The number of carbonyl (C=O) groups excluding carboxylic acids is 4. The number of carbonyl (C=O) groups is 4. The number of nitrogens with two attached hydrogens (primary N) is 2. The smallest absolute Gasteiger partial charge is 0.316 e. The van der Waals surface area contributed by atoms with E-state index in [1.54, 1.807) is 24.5 Å². The van der Waals surface area contributed by atoms with Gasteiger partial charge < -0.3 is 26.5 Å². The molecule has 0 saturated carbocycles. The van der Waals surface area contributed by atoms with E-state index in [1.807, 2.05) is 0 Å². The van der Waals surface area contributed by atoms with Crippen LogP contribution in [-0.2, 0) is 9.53 Å². The first-order valence-electron chi connectivity index (χ1n) is 8.43. The van der Waals surface area contributed by atoms with Crippen LogP contribution in [0.1, 0.15) is 31.1 Å². The summed E-state index contributed by atoms with van der Waals surface area (Å²) in [4.78, 5) is 54.9. The Bertz CT molecular complexity index is 1070. The van der Waals surface area contributed by atoms with Crippen LogP contribution >= 0.6 is 35.1 Å². The molecule has 6 N–H and O–H groups in total. The van der Waals surface area contributed by atoms with Crippen molar-refractivity contribution in [1.29, 1.82) is 0 Å². The minimum Gasteiger partial charge on any atom is -0.468 e. The van der Waals surface area contributed by atoms with E-state index in [2.05, 4.69) is 20.0 Å². The topological polar surface area (TPSA) is 170 Å². The largest absolute Gasteiger partial charge is 0.468 e. The summed E-state index contributed by atoms with van der Waals surface area (Å²) >= 11 is 7.99. The number of amides is 3. The van der Waals surface area contributed by atoms with Gasteiger partial charge in [-0.05, 0) is 18.4 Å². The number of H-pyrrole nitrogens is 1. The average Bonchev–Trinajstić information content (AvgIpc) is 3.10. The van der Waals surface area contributed by atoms with E-state index in [0.29, 0.717) is 0 Å². The van der Waals surface area contributed by atoms with Gasteiger partial charge in [0.1, 0.15) is 5.82 Å². The van der Waals surface area contributed by atoms with Gasteiger partial charge in [-0.15, -0.1) is 0 Å². The Morgan fingerprint density at radius 3 is 2.35 bits per heavy atom. The van der Waals surface area contributed by atoms with Crippen LogP contribution in [0.4, 0.5) is 5.82 Å². The van der Waals surface area contributed by atoms with E-state index in [4.69, 9.17) is 23.1 Å². The molecule has 0 spiro atoms. The lowest BCUT2D eigenvalue weighted by Crippen LogP contribution is -2.28. The van der Waals surface area contributed by atoms with Crippen molar-refractivity contribution in [3.05, 3.63) is 46.0 Å². The number of methoxy groups -OCH3 is 1. The first-order chi connectivity index (χ1) is 14.7. The lowest BCUT2D eigenvalue weighted by molar-refractivity contribution is -0.137. The van der Waals surface area contributed by atoms with E-state index in [-0.39, 0.29) is 43.5 Å². The molecule has 0 aliphatic heterocycles. The van der Waals surface area contributed by atoms with Crippen LogP contribution in [0.15, 0.2) is 34.3 Å². The number of amidine groups is 1. The van der Waals surface area contributed by atoms with Gasteiger partial charge in [-0.3, -0.25) is 19.2 Å². The molecule has 3 amide bonds. The highest BCUT2D eigenvalue weighted by Gasteiger charge is 2.26. The molecule has 0 unspecified atom stereocenters. The number of aliphatic imine (C=N–C) groups is 1. The van der Waals surface area contributed by atoms with Crippen LogP contribution < -0.4 is 16.8 Å². The average molecular weight is 484 g/mol. The highest BCUT2D eigenvalue weighted by atomic mass is 35.5. The van der Waals surface area contributed by atoms with Crippen molar-refractivity contribution in [2.45, 2.75) is 5.03 Å². The number of rotatable bonds is 7. The second-order valence-corrected chi connectivity index (χ2v) is 7.89. The molecule has 1 aromatic carbocycles. The maximum atomic E-state index is 12.5. The number of ether oxygens (including phenoxy) is 1. The van der Waals surface area contributed by atoms with Crippen molar-refractivity contribution >= 4 is 69.8 Å². The molecule has 0 aliphatic rings. The number of hydrogen-bond acceptors (Lipinski definition) is 8. The minimum atomic E-state index is -0.966. The monoisotopic (exact) mass is 483 g/mol. The van der Waals surface area contributed by atoms with Crippen molar-refractivity contribution in [2.24, 2.45) is 16.5 Å². The molecule has 164 valence electrons. The molecule has 0 atom stereocenters. The van der Waals surface area contributed by atoms with Crippen LogP contribution in [0.2, 0.25) is 5.02 Å². The zero-order valence-electron chi connectivity index (χ0n) is 16.4. The third-order valence-electron chi connectivity index (χ3n) is 3.75. The van der Waals surface area contributed by atoms with Gasteiger partial charge in [0.15, 0.2) is 5.17 Å². The zero-order valence-corrected chi connectivity index (χ0v) is 18.7.